The molecule has 1 fully saturated rings. The molecular formula is C9F10O. The van der Waals surface area contributed by atoms with Crippen LogP contribution in [-0.4, -0.2) is 6.11 Å². The molecular weight excluding hydrogens is 314 g/mol. The van der Waals surface area contributed by atoms with E-state index in [4.69, 9.17) is 0 Å². The number of benzene rings is 1. The third-order valence-corrected chi connectivity index (χ3v) is 2.47. The molecule has 0 bridgehead atoms. The van der Waals surface area contributed by atoms with E-state index in [0.29, 0.717) is 0 Å². The molecule has 112 valence electrons. The Labute approximate surface area is 102 Å². The van der Waals surface area contributed by atoms with E-state index in [0.717, 1.165) is 0 Å². The molecule has 20 heavy (non-hydrogen) atoms. The molecule has 1 saturated heterocycles. The van der Waals surface area contributed by atoms with Crippen molar-refractivity contribution in [2.75, 3.05) is 0 Å². The normalized spacial score (nSPS) is 24.9. The van der Waals surface area contributed by atoms with Gasteiger partial charge in [0.25, 0.3) is 0 Å². The maximum absolute atomic E-state index is 13.3. The molecule has 1 aliphatic heterocycles. The van der Waals surface area contributed by atoms with E-state index in [2.05, 4.69) is 4.74 Å². The van der Waals surface area contributed by atoms with Gasteiger partial charge < -0.3 is 0 Å². The van der Waals surface area contributed by atoms with E-state index >= 15 is 0 Å². The zero-order valence-corrected chi connectivity index (χ0v) is 8.69. The molecule has 0 N–H and O–H groups in total. The minimum atomic E-state index is -5.86. The molecule has 0 aliphatic carbocycles. The van der Waals surface area contributed by atoms with Crippen LogP contribution in [-0.2, 0) is 16.8 Å². The first-order valence-electron chi connectivity index (χ1n) is 4.55. The summed E-state index contributed by atoms with van der Waals surface area (Å²) in [5.74, 6) is -16.6. The van der Waals surface area contributed by atoms with Gasteiger partial charge in [-0.3, -0.25) is 4.74 Å². The van der Waals surface area contributed by atoms with Gasteiger partial charge in [0.15, 0.2) is 23.3 Å². The Hall–Kier alpha value is -1.52. The number of halogens is 10. The summed E-state index contributed by atoms with van der Waals surface area (Å²) in [5.41, 5.74) is -5.59. The van der Waals surface area contributed by atoms with Crippen molar-refractivity contribution in [2.45, 2.75) is 18.1 Å². The van der Waals surface area contributed by atoms with Gasteiger partial charge in [-0.15, -0.1) is 0 Å². The topological polar surface area (TPSA) is 12.5 Å². The zero-order chi connectivity index (χ0) is 15.7. The van der Waals surface area contributed by atoms with Crippen molar-refractivity contribution in [3.05, 3.63) is 34.4 Å². The fourth-order valence-corrected chi connectivity index (χ4v) is 1.51. The number of hydrogen-bond donors (Lipinski definition) is 0. The van der Waals surface area contributed by atoms with Crippen molar-refractivity contribution < 1.29 is 48.6 Å². The summed E-state index contributed by atoms with van der Waals surface area (Å²) < 4.78 is 130. The lowest BCUT2D eigenvalue weighted by Gasteiger charge is -2.14. The third kappa shape index (κ3) is 1.75. The van der Waals surface area contributed by atoms with Crippen molar-refractivity contribution in [3.63, 3.8) is 0 Å². The molecule has 11 heteroatoms. The summed E-state index contributed by atoms with van der Waals surface area (Å²) in [6, 6.07) is 0. The first kappa shape index (κ1) is 14.9. The summed E-state index contributed by atoms with van der Waals surface area (Å²) >= 11 is 0. The Kier molecular flexibility index (Phi) is 2.81. The van der Waals surface area contributed by atoms with E-state index in [1.165, 1.54) is 0 Å². The molecule has 0 aromatic heterocycles. The van der Waals surface area contributed by atoms with Crippen LogP contribution < -0.4 is 0 Å². The highest BCUT2D eigenvalue weighted by Gasteiger charge is 2.80. The fraction of sp³-hybridized carbons (Fsp3) is 0.333. The molecule has 1 heterocycles. The van der Waals surface area contributed by atoms with Crippen molar-refractivity contribution in [1.29, 1.82) is 0 Å². The average molecular weight is 314 g/mol. The summed E-state index contributed by atoms with van der Waals surface area (Å²) in [7, 11) is 0. The lowest BCUT2D eigenvalue weighted by molar-refractivity contribution is -0.143. The van der Waals surface area contributed by atoms with Crippen LogP contribution in [0.25, 0.3) is 0 Å². The first-order chi connectivity index (χ1) is 8.84. The molecule has 1 aromatic carbocycles. The van der Waals surface area contributed by atoms with E-state index in [1.807, 2.05) is 0 Å². The highest BCUT2D eigenvalue weighted by molar-refractivity contribution is 5.37. The number of alkyl halides is 6. The minimum absolute atomic E-state index is 2.59. The Balaban J connectivity index is 2.77. The van der Waals surface area contributed by atoms with Gasteiger partial charge in [-0.2, -0.15) is 26.3 Å². The van der Waals surface area contributed by atoms with E-state index in [-0.39, 0.29) is 0 Å². The fourth-order valence-electron chi connectivity index (χ4n) is 1.51. The Morgan fingerprint density at radius 3 is 1.35 bits per heavy atom. The molecule has 0 saturated carbocycles. The summed E-state index contributed by atoms with van der Waals surface area (Å²) in [5, 5.41) is 0. The van der Waals surface area contributed by atoms with Gasteiger partial charge in [0, 0.05) is 0 Å². The van der Waals surface area contributed by atoms with Gasteiger partial charge in [-0.25, -0.2) is 17.6 Å². The molecule has 1 unspecified atom stereocenters. The molecule has 0 amide bonds. The van der Waals surface area contributed by atoms with Gasteiger partial charge in [-0.05, 0) is 0 Å². The van der Waals surface area contributed by atoms with Gasteiger partial charge in [0.1, 0.15) is 11.1 Å². The highest BCUT2D eigenvalue weighted by Crippen LogP contribution is 2.61. The summed E-state index contributed by atoms with van der Waals surface area (Å²) in [6.07, 6.45) is -10.7. The lowest BCUT2D eigenvalue weighted by Crippen LogP contribution is -2.22. The number of rotatable bonds is 1. The molecule has 1 aromatic rings. The van der Waals surface area contributed by atoms with Gasteiger partial charge in [-0.1, -0.05) is 0 Å². The van der Waals surface area contributed by atoms with Crippen LogP contribution in [0.1, 0.15) is 11.1 Å². The second kappa shape index (κ2) is 3.77. The highest BCUT2D eigenvalue weighted by atomic mass is 19.4. The predicted octanol–water partition coefficient (Wildman–Crippen LogP) is 4.01. The smallest absolute Gasteiger partial charge is 0.266 e. The van der Waals surface area contributed by atoms with Crippen LogP contribution in [0.15, 0.2) is 0 Å². The Bertz CT molecular complexity index is 562. The molecule has 0 radical (unpaired) electrons. The Morgan fingerprint density at radius 2 is 1.10 bits per heavy atom. The molecule has 1 atom stereocenters. The van der Waals surface area contributed by atoms with Gasteiger partial charge >= 0.3 is 18.1 Å². The largest absolute Gasteiger partial charge is 0.422 e. The van der Waals surface area contributed by atoms with E-state index in [9.17, 15) is 43.9 Å². The number of hydrogen-bond acceptors (Lipinski definition) is 1. The minimum Gasteiger partial charge on any atom is -0.266 e. The van der Waals surface area contributed by atoms with Crippen molar-refractivity contribution in [3.8, 4) is 0 Å². The lowest BCUT2D eigenvalue weighted by atomic mass is 10.0. The van der Waals surface area contributed by atoms with E-state index in [1.54, 1.807) is 0 Å². The van der Waals surface area contributed by atoms with Crippen molar-refractivity contribution in [1.82, 2.24) is 0 Å². The van der Waals surface area contributed by atoms with Crippen LogP contribution in [0.2, 0.25) is 0 Å². The van der Waals surface area contributed by atoms with E-state index < -0.39 is 52.5 Å². The quantitative estimate of drug-likeness (QED) is 0.433. The van der Waals surface area contributed by atoms with Gasteiger partial charge in [0.2, 0.25) is 0 Å². The van der Waals surface area contributed by atoms with Crippen LogP contribution in [0.4, 0.5) is 43.9 Å². The molecule has 1 aliphatic rings. The summed E-state index contributed by atoms with van der Waals surface area (Å²) in [6.45, 7) is 0. The van der Waals surface area contributed by atoms with Crippen LogP contribution >= 0.6 is 0 Å². The second-order valence-corrected chi connectivity index (χ2v) is 3.72. The first-order valence-corrected chi connectivity index (χ1v) is 4.55. The van der Waals surface area contributed by atoms with Crippen LogP contribution in [0, 0.1) is 23.3 Å². The average Bonchev–Trinajstić information content (AvgIpc) is 2.74. The van der Waals surface area contributed by atoms with Crippen molar-refractivity contribution in [2.24, 2.45) is 0 Å². The molecule has 2 rings (SSSR count). The molecule has 1 nitrogen and oxygen atoms in total. The monoisotopic (exact) mass is 314 g/mol. The van der Waals surface area contributed by atoms with Crippen molar-refractivity contribution >= 4 is 0 Å². The van der Waals surface area contributed by atoms with Crippen LogP contribution in [0.3, 0.4) is 0 Å². The van der Waals surface area contributed by atoms with Gasteiger partial charge in [0.05, 0.1) is 0 Å². The third-order valence-electron chi connectivity index (χ3n) is 2.47. The molecule has 0 spiro atoms. The predicted molar refractivity (Wildman–Crippen MR) is 40.1 cm³/mol. The number of epoxide rings is 1. The summed E-state index contributed by atoms with van der Waals surface area (Å²) in [4.78, 5) is 0. The standard InChI is InChI=1S/C9F10O/c10-3-1(7(14)9(18,19)20-7)4(11)6(13)2(5(3)12)8(15,16)17. The maximum Gasteiger partial charge on any atom is 0.422 e. The van der Waals surface area contributed by atoms with Crippen LogP contribution in [0.5, 0.6) is 0 Å². The SMILES string of the molecule is Fc1c(F)c(C2(F)OC2(F)F)c(F)c(F)c1C(F)(F)F. The Morgan fingerprint density at radius 1 is 0.750 bits per heavy atom. The zero-order valence-electron chi connectivity index (χ0n) is 8.69. The second-order valence-electron chi connectivity index (χ2n) is 3.72. The maximum atomic E-state index is 13.3. The number of ether oxygens (including phenoxy) is 1.